The molecule has 0 amide bonds. The quantitative estimate of drug-likeness (QED) is 0.167. The van der Waals surface area contributed by atoms with Crippen LogP contribution in [0.5, 0.6) is 0 Å². The van der Waals surface area contributed by atoms with E-state index >= 15 is 0 Å². The molecule has 11 aromatic rings. The summed E-state index contributed by atoms with van der Waals surface area (Å²) >= 11 is 0. The molecule has 9 aromatic carbocycles. The van der Waals surface area contributed by atoms with Gasteiger partial charge >= 0.3 is 0 Å². The van der Waals surface area contributed by atoms with Gasteiger partial charge in [-0.05, 0) is 139 Å². The molecule has 63 heavy (non-hydrogen) atoms. The Morgan fingerprint density at radius 3 is 1.83 bits per heavy atom. The van der Waals surface area contributed by atoms with Gasteiger partial charge in [-0.3, -0.25) is 0 Å². The largest absolute Gasteiger partial charge is 0.436 e. The standard InChI is InChI=1S/C60H42N2O/c1-2-12-37(13-3-1)55-56(61-57-53-48-17-8-6-15-46(48)47-16-7-9-18-49(47)58(53)63-59(57)62-55)41-24-22-38-32-40(23-21-39(38)33-41)45-19-10-20-50-52-44-14-5-4-11-36(44)25-26-51(52)60(54(45)50)42-28-34-27-35(30-42)31-43(60)29-34/h1-26,32-35,42-43H,27-31H2. The molecule has 4 fully saturated rings. The maximum Gasteiger partial charge on any atom is 0.246 e. The molecule has 5 aliphatic carbocycles. The Bertz CT molecular complexity index is 3740. The van der Waals surface area contributed by atoms with Gasteiger partial charge in [0.15, 0.2) is 0 Å². The van der Waals surface area contributed by atoms with Crippen LogP contribution in [0.4, 0.5) is 0 Å². The molecule has 2 heterocycles. The highest BCUT2D eigenvalue weighted by atomic mass is 16.3. The molecule has 4 bridgehead atoms. The lowest BCUT2D eigenvalue weighted by atomic mass is 9.42. The van der Waals surface area contributed by atoms with Gasteiger partial charge in [-0.2, -0.15) is 0 Å². The molecule has 0 atom stereocenters. The van der Waals surface area contributed by atoms with Crippen molar-refractivity contribution in [1.82, 2.24) is 9.97 Å². The Morgan fingerprint density at radius 1 is 0.444 bits per heavy atom. The number of benzene rings is 9. The predicted octanol–water partition coefficient (Wildman–Crippen LogP) is 15.7. The summed E-state index contributed by atoms with van der Waals surface area (Å²) < 4.78 is 6.72. The van der Waals surface area contributed by atoms with Crippen molar-refractivity contribution in [2.75, 3.05) is 0 Å². The Balaban J connectivity index is 0.922. The molecule has 4 saturated carbocycles. The van der Waals surface area contributed by atoms with E-state index in [4.69, 9.17) is 14.4 Å². The van der Waals surface area contributed by atoms with Gasteiger partial charge in [0.1, 0.15) is 16.8 Å². The van der Waals surface area contributed by atoms with Crippen LogP contribution >= 0.6 is 0 Å². The van der Waals surface area contributed by atoms with E-state index in [1.54, 1.807) is 11.1 Å². The highest BCUT2D eigenvalue weighted by Crippen LogP contribution is 2.71. The molecule has 2 aromatic heterocycles. The third-order valence-corrected chi connectivity index (χ3v) is 16.2. The first-order chi connectivity index (χ1) is 31.2. The first-order valence-electron chi connectivity index (χ1n) is 23.0. The lowest BCUT2D eigenvalue weighted by Crippen LogP contribution is -2.55. The van der Waals surface area contributed by atoms with Gasteiger partial charge in [0, 0.05) is 21.9 Å². The maximum absolute atomic E-state index is 6.72. The van der Waals surface area contributed by atoms with Crippen molar-refractivity contribution in [2.45, 2.75) is 37.5 Å². The van der Waals surface area contributed by atoms with Crippen molar-refractivity contribution in [2.24, 2.45) is 23.7 Å². The Labute approximate surface area is 365 Å². The summed E-state index contributed by atoms with van der Waals surface area (Å²) in [6.45, 7) is 0. The molecule has 298 valence electrons. The molecule has 3 heteroatoms. The molecular formula is C60H42N2O. The van der Waals surface area contributed by atoms with Gasteiger partial charge < -0.3 is 4.42 Å². The number of rotatable bonds is 3. The average Bonchev–Trinajstić information content (AvgIpc) is 3.87. The van der Waals surface area contributed by atoms with Gasteiger partial charge in [0.2, 0.25) is 5.71 Å². The highest BCUT2D eigenvalue weighted by molar-refractivity contribution is 6.29. The molecule has 0 N–H and O–H groups in total. The fraction of sp³-hybridized carbons (Fsp3) is 0.167. The zero-order chi connectivity index (χ0) is 41.0. The zero-order valence-corrected chi connectivity index (χ0v) is 34.8. The van der Waals surface area contributed by atoms with E-state index in [-0.39, 0.29) is 5.41 Å². The van der Waals surface area contributed by atoms with E-state index in [2.05, 4.69) is 170 Å². The Hall–Kier alpha value is -7.10. The fourth-order valence-electron chi connectivity index (χ4n) is 14.0. The molecule has 5 aliphatic rings. The Morgan fingerprint density at radius 2 is 1.05 bits per heavy atom. The monoisotopic (exact) mass is 806 g/mol. The van der Waals surface area contributed by atoms with Crippen LogP contribution in [-0.2, 0) is 5.41 Å². The maximum atomic E-state index is 6.72. The summed E-state index contributed by atoms with van der Waals surface area (Å²) in [4.78, 5) is 10.9. The van der Waals surface area contributed by atoms with Gasteiger partial charge in [-0.1, -0.05) is 158 Å². The van der Waals surface area contributed by atoms with Crippen molar-refractivity contribution in [3.63, 3.8) is 0 Å². The lowest BCUT2D eigenvalue weighted by molar-refractivity contribution is -0.0397. The lowest BCUT2D eigenvalue weighted by Gasteiger charge is -2.61. The smallest absolute Gasteiger partial charge is 0.246 e. The van der Waals surface area contributed by atoms with E-state index in [0.717, 1.165) is 61.6 Å². The molecule has 3 nitrogen and oxygen atoms in total. The molecule has 0 unspecified atom stereocenters. The minimum Gasteiger partial charge on any atom is -0.436 e. The van der Waals surface area contributed by atoms with Crippen molar-refractivity contribution >= 4 is 65.3 Å². The third-order valence-electron chi connectivity index (χ3n) is 16.2. The molecule has 16 rings (SSSR count). The van der Waals surface area contributed by atoms with Crippen molar-refractivity contribution in [3.05, 3.63) is 181 Å². The number of fused-ring (bicyclic) bond motifs is 14. The van der Waals surface area contributed by atoms with Crippen molar-refractivity contribution < 1.29 is 4.42 Å². The van der Waals surface area contributed by atoms with Crippen LogP contribution in [0.1, 0.15) is 43.2 Å². The summed E-state index contributed by atoms with van der Waals surface area (Å²) in [6, 6.07) is 62.9. The molecular weight excluding hydrogens is 765 g/mol. The topological polar surface area (TPSA) is 38.9 Å². The van der Waals surface area contributed by atoms with E-state index in [9.17, 15) is 0 Å². The first kappa shape index (κ1) is 34.5. The number of hydrogen-bond donors (Lipinski definition) is 0. The number of furan rings is 1. The second kappa shape index (κ2) is 12.5. The van der Waals surface area contributed by atoms with Crippen LogP contribution < -0.4 is 0 Å². The van der Waals surface area contributed by atoms with Gasteiger partial charge in [0.05, 0.1) is 11.1 Å². The van der Waals surface area contributed by atoms with Crippen LogP contribution in [0.3, 0.4) is 0 Å². The van der Waals surface area contributed by atoms with Crippen molar-refractivity contribution in [1.29, 1.82) is 0 Å². The second-order valence-electron chi connectivity index (χ2n) is 19.2. The van der Waals surface area contributed by atoms with Crippen LogP contribution in [0.15, 0.2) is 174 Å². The molecule has 0 saturated heterocycles. The summed E-state index contributed by atoms with van der Waals surface area (Å²) in [6.07, 6.45) is 6.93. The Kier molecular flexibility index (Phi) is 6.85. The first-order valence-corrected chi connectivity index (χ1v) is 23.0. The summed E-state index contributed by atoms with van der Waals surface area (Å²) in [5, 5.41) is 10.8. The SMILES string of the molecule is c1ccc(-c2nc3oc4c5ccccc5c5ccccc5c4c3nc2-c2ccc3cc(-c4cccc5c4C4(c6ccc7ccccc7c6-5)C5CC6CC(C5)CC4C6)ccc3c2)cc1. The average molecular weight is 807 g/mol. The number of aromatic nitrogens is 2. The van der Waals surface area contributed by atoms with Gasteiger partial charge in [-0.15, -0.1) is 0 Å². The predicted molar refractivity (Wildman–Crippen MR) is 259 cm³/mol. The van der Waals surface area contributed by atoms with Gasteiger partial charge in [-0.25, -0.2) is 9.97 Å². The highest BCUT2D eigenvalue weighted by Gasteiger charge is 2.62. The summed E-state index contributed by atoms with van der Waals surface area (Å²) in [5.41, 5.74) is 14.9. The van der Waals surface area contributed by atoms with E-state index in [1.807, 2.05) is 0 Å². The second-order valence-corrected chi connectivity index (χ2v) is 19.2. The van der Waals surface area contributed by atoms with Crippen LogP contribution in [0.2, 0.25) is 0 Å². The third kappa shape index (κ3) is 4.59. The van der Waals surface area contributed by atoms with E-state index in [0.29, 0.717) is 17.5 Å². The minimum absolute atomic E-state index is 0.0670. The van der Waals surface area contributed by atoms with Gasteiger partial charge in [0.25, 0.3) is 0 Å². The number of nitrogens with zero attached hydrogens (tertiary/aromatic N) is 2. The summed E-state index contributed by atoms with van der Waals surface area (Å²) in [7, 11) is 0. The van der Waals surface area contributed by atoms with Crippen LogP contribution in [0.25, 0.3) is 110 Å². The molecule has 0 radical (unpaired) electrons. The zero-order valence-electron chi connectivity index (χ0n) is 34.8. The summed E-state index contributed by atoms with van der Waals surface area (Å²) in [5.74, 6) is 3.18. The normalized spacial score (nSPS) is 22.0. The van der Waals surface area contributed by atoms with E-state index < -0.39 is 0 Å². The molecule has 1 spiro atoms. The van der Waals surface area contributed by atoms with Crippen molar-refractivity contribution in [3.8, 4) is 44.8 Å². The van der Waals surface area contributed by atoms with Crippen LogP contribution in [-0.4, -0.2) is 9.97 Å². The van der Waals surface area contributed by atoms with E-state index in [1.165, 1.54) is 86.7 Å². The fourth-order valence-corrected chi connectivity index (χ4v) is 14.0. The van der Waals surface area contributed by atoms with Crippen LogP contribution in [0, 0.1) is 23.7 Å². The number of hydrogen-bond acceptors (Lipinski definition) is 3. The molecule has 0 aliphatic heterocycles. The minimum atomic E-state index is 0.0670.